The van der Waals surface area contributed by atoms with E-state index in [-0.39, 0.29) is 0 Å². The first-order chi connectivity index (χ1) is 10.2. The van der Waals surface area contributed by atoms with E-state index in [0.717, 1.165) is 27.6 Å². The van der Waals surface area contributed by atoms with E-state index in [4.69, 9.17) is 10.3 Å². The molecule has 0 aliphatic carbocycles. The molecule has 0 aliphatic rings. The molecule has 106 valence electrons. The van der Waals surface area contributed by atoms with Crippen LogP contribution in [0, 0.1) is 0 Å². The molecule has 0 radical (unpaired) electrons. The summed E-state index contributed by atoms with van der Waals surface area (Å²) in [4.78, 5) is 0. The van der Waals surface area contributed by atoms with E-state index >= 15 is 0 Å². The van der Waals surface area contributed by atoms with Gasteiger partial charge in [-0.2, -0.15) is 0 Å². The molecule has 0 atom stereocenters. The number of aryl methyl sites for hydroxylation is 1. The van der Waals surface area contributed by atoms with Crippen molar-refractivity contribution < 1.29 is 4.52 Å². The average Bonchev–Trinajstić information content (AvgIpc) is 2.89. The molecule has 4 heteroatoms. The van der Waals surface area contributed by atoms with E-state index in [0.29, 0.717) is 11.6 Å². The molecule has 0 saturated heterocycles. The summed E-state index contributed by atoms with van der Waals surface area (Å²) in [7, 11) is 0. The van der Waals surface area contributed by atoms with E-state index in [2.05, 4.69) is 40.1 Å². The Morgan fingerprint density at radius 3 is 2.52 bits per heavy atom. The Morgan fingerprint density at radius 1 is 1.10 bits per heavy atom. The highest BCUT2D eigenvalue weighted by Gasteiger charge is 2.17. The van der Waals surface area contributed by atoms with E-state index < -0.39 is 0 Å². The Kier molecular flexibility index (Phi) is 3.80. The van der Waals surface area contributed by atoms with Crippen LogP contribution in [0.1, 0.15) is 12.5 Å². The van der Waals surface area contributed by atoms with Gasteiger partial charge in [-0.05, 0) is 29.7 Å². The molecule has 0 bridgehead atoms. The monoisotopic (exact) mass is 342 g/mol. The van der Waals surface area contributed by atoms with Crippen LogP contribution in [0.4, 0.5) is 5.82 Å². The lowest BCUT2D eigenvalue weighted by Crippen LogP contribution is -1.89. The highest BCUT2D eigenvalue weighted by molar-refractivity contribution is 9.10. The van der Waals surface area contributed by atoms with Gasteiger partial charge in [-0.15, -0.1) is 0 Å². The van der Waals surface area contributed by atoms with Gasteiger partial charge in [-0.3, -0.25) is 0 Å². The Morgan fingerprint density at radius 2 is 1.86 bits per heavy atom. The van der Waals surface area contributed by atoms with Gasteiger partial charge in [0.05, 0.1) is 5.56 Å². The van der Waals surface area contributed by atoms with Crippen LogP contribution < -0.4 is 5.73 Å². The van der Waals surface area contributed by atoms with Gasteiger partial charge in [-0.25, -0.2) is 0 Å². The minimum atomic E-state index is 0.405. The third kappa shape index (κ3) is 2.72. The second-order valence-corrected chi connectivity index (χ2v) is 5.75. The second-order valence-electron chi connectivity index (χ2n) is 4.83. The summed E-state index contributed by atoms with van der Waals surface area (Å²) in [5.41, 5.74) is 10.1. The molecule has 1 aromatic heterocycles. The van der Waals surface area contributed by atoms with Crippen LogP contribution in [0.3, 0.4) is 0 Å². The normalized spacial score (nSPS) is 10.8. The molecule has 21 heavy (non-hydrogen) atoms. The molecule has 0 unspecified atom stereocenters. The number of rotatable bonds is 3. The molecular formula is C17H15BrN2O. The predicted octanol–water partition coefficient (Wildman–Crippen LogP) is 4.92. The standard InChI is InChI=1S/C17H15BrN2O/c1-2-11-6-8-12(9-7-11)16-15(17(19)20-21-16)13-4-3-5-14(18)10-13/h3-10H,2H2,1H3,(H2,19,20). The highest BCUT2D eigenvalue weighted by atomic mass is 79.9. The fraction of sp³-hybridized carbons (Fsp3) is 0.118. The van der Waals surface area contributed by atoms with E-state index in [1.54, 1.807) is 0 Å². The van der Waals surface area contributed by atoms with Crippen molar-refractivity contribution in [3.8, 4) is 22.5 Å². The smallest absolute Gasteiger partial charge is 0.176 e. The molecule has 0 fully saturated rings. The number of nitrogens with two attached hydrogens (primary N) is 1. The van der Waals surface area contributed by atoms with Crippen molar-refractivity contribution in [3.63, 3.8) is 0 Å². The second kappa shape index (κ2) is 5.74. The molecule has 3 nitrogen and oxygen atoms in total. The Bertz CT molecular complexity index is 763. The van der Waals surface area contributed by atoms with Gasteiger partial charge in [0, 0.05) is 10.0 Å². The number of nitrogen functional groups attached to an aromatic ring is 1. The first-order valence-electron chi connectivity index (χ1n) is 6.79. The van der Waals surface area contributed by atoms with Gasteiger partial charge in [0.2, 0.25) is 0 Å². The molecule has 2 aromatic carbocycles. The Balaban J connectivity index is 2.12. The van der Waals surface area contributed by atoms with Crippen LogP contribution >= 0.6 is 15.9 Å². The van der Waals surface area contributed by atoms with E-state index in [9.17, 15) is 0 Å². The number of anilines is 1. The first-order valence-corrected chi connectivity index (χ1v) is 7.58. The molecular weight excluding hydrogens is 328 g/mol. The number of aromatic nitrogens is 1. The first kappa shape index (κ1) is 13.9. The lowest BCUT2D eigenvalue weighted by molar-refractivity contribution is 0.436. The van der Waals surface area contributed by atoms with Crippen LogP contribution in [-0.2, 0) is 6.42 Å². The van der Waals surface area contributed by atoms with Crippen LogP contribution in [-0.4, -0.2) is 5.16 Å². The maximum absolute atomic E-state index is 6.00. The maximum Gasteiger partial charge on any atom is 0.176 e. The molecule has 0 amide bonds. The minimum Gasteiger partial charge on any atom is -0.380 e. The van der Waals surface area contributed by atoms with Crippen LogP contribution in [0.25, 0.3) is 22.5 Å². The predicted molar refractivity (Wildman–Crippen MR) is 88.9 cm³/mol. The number of nitrogens with zero attached hydrogens (tertiary/aromatic N) is 1. The fourth-order valence-corrected chi connectivity index (χ4v) is 2.71. The molecule has 3 rings (SSSR count). The summed E-state index contributed by atoms with van der Waals surface area (Å²) < 4.78 is 6.45. The van der Waals surface area contributed by atoms with Gasteiger partial charge in [0.1, 0.15) is 0 Å². The highest BCUT2D eigenvalue weighted by Crippen LogP contribution is 2.37. The molecule has 3 aromatic rings. The van der Waals surface area contributed by atoms with Crippen molar-refractivity contribution in [1.82, 2.24) is 5.16 Å². The lowest BCUT2D eigenvalue weighted by Gasteiger charge is -2.04. The van der Waals surface area contributed by atoms with Gasteiger partial charge >= 0.3 is 0 Å². The summed E-state index contributed by atoms with van der Waals surface area (Å²) in [6.07, 6.45) is 1.01. The molecule has 0 aliphatic heterocycles. The van der Waals surface area contributed by atoms with Crippen LogP contribution in [0.5, 0.6) is 0 Å². The summed E-state index contributed by atoms with van der Waals surface area (Å²) >= 11 is 3.48. The Hall–Kier alpha value is -2.07. The van der Waals surface area contributed by atoms with Crippen molar-refractivity contribution in [3.05, 3.63) is 58.6 Å². The van der Waals surface area contributed by atoms with Gasteiger partial charge < -0.3 is 10.3 Å². The van der Waals surface area contributed by atoms with Crippen LogP contribution in [0.2, 0.25) is 0 Å². The van der Waals surface area contributed by atoms with E-state index in [1.165, 1.54) is 5.56 Å². The largest absolute Gasteiger partial charge is 0.380 e. The Labute approximate surface area is 131 Å². The molecule has 1 heterocycles. The van der Waals surface area contributed by atoms with Crippen molar-refractivity contribution >= 4 is 21.7 Å². The number of hydrogen-bond acceptors (Lipinski definition) is 3. The minimum absolute atomic E-state index is 0.405. The quantitative estimate of drug-likeness (QED) is 0.735. The SMILES string of the molecule is CCc1ccc(-c2onc(N)c2-c2cccc(Br)c2)cc1. The number of benzene rings is 2. The number of hydrogen-bond donors (Lipinski definition) is 1. The fourth-order valence-electron chi connectivity index (χ4n) is 2.31. The summed E-state index contributed by atoms with van der Waals surface area (Å²) in [6.45, 7) is 2.13. The zero-order valence-electron chi connectivity index (χ0n) is 11.6. The van der Waals surface area contributed by atoms with E-state index in [1.807, 2.05) is 36.4 Å². The third-order valence-corrected chi connectivity index (χ3v) is 3.95. The van der Waals surface area contributed by atoms with Gasteiger partial charge in [0.25, 0.3) is 0 Å². The maximum atomic E-state index is 6.00. The van der Waals surface area contributed by atoms with Crippen molar-refractivity contribution in [2.24, 2.45) is 0 Å². The van der Waals surface area contributed by atoms with Crippen molar-refractivity contribution in [2.75, 3.05) is 5.73 Å². The molecule has 2 N–H and O–H groups in total. The summed E-state index contributed by atoms with van der Waals surface area (Å²) in [5, 5.41) is 3.93. The third-order valence-electron chi connectivity index (χ3n) is 3.46. The molecule has 0 saturated carbocycles. The van der Waals surface area contributed by atoms with Crippen molar-refractivity contribution in [1.29, 1.82) is 0 Å². The molecule has 0 spiro atoms. The zero-order valence-corrected chi connectivity index (χ0v) is 13.2. The topological polar surface area (TPSA) is 52.0 Å². The number of halogens is 1. The summed E-state index contributed by atoms with van der Waals surface area (Å²) in [6, 6.07) is 16.2. The van der Waals surface area contributed by atoms with Crippen LogP contribution in [0.15, 0.2) is 57.5 Å². The zero-order chi connectivity index (χ0) is 14.8. The van der Waals surface area contributed by atoms with Gasteiger partial charge in [0.15, 0.2) is 11.6 Å². The van der Waals surface area contributed by atoms with Crippen molar-refractivity contribution in [2.45, 2.75) is 13.3 Å². The average molecular weight is 343 g/mol. The summed E-state index contributed by atoms with van der Waals surface area (Å²) in [5.74, 6) is 1.11. The van der Waals surface area contributed by atoms with Gasteiger partial charge in [-0.1, -0.05) is 64.4 Å². The lowest BCUT2D eigenvalue weighted by atomic mass is 10.0.